The smallest absolute Gasteiger partial charge is 0.0890 e. The summed E-state index contributed by atoms with van der Waals surface area (Å²) in [5.74, 6) is 0. The van der Waals surface area contributed by atoms with Crippen molar-refractivity contribution in [1.29, 1.82) is 0 Å². The number of unbranched alkanes of at least 4 members (excludes halogenated alkanes) is 14. The van der Waals surface area contributed by atoms with E-state index in [1.807, 2.05) is 0 Å². The number of quaternary nitrogens is 1. The molecule has 182 valence electrons. The number of nitrogens with zero attached hydrogens (tertiary/aromatic N) is 1. The van der Waals surface area contributed by atoms with E-state index in [9.17, 15) is 0 Å². The molecule has 2 nitrogen and oxygen atoms in total. The first-order valence-corrected chi connectivity index (χ1v) is 14.1. The maximum Gasteiger partial charge on any atom is 0.0890 e. The normalized spacial score (nSPS) is 16.9. The molecule has 1 fully saturated rings. The molecule has 1 saturated carbocycles. The zero-order valence-electron chi connectivity index (χ0n) is 21.4. The summed E-state index contributed by atoms with van der Waals surface area (Å²) in [5.41, 5.74) is 0. The van der Waals surface area contributed by atoms with Crippen molar-refractivity contribution in [2.75, 3.05) is 19.6 Å². The van der Waals surface area contributed by atoms with Gasteiger partial charge in [0.1, 0.15) is 0 Å². The van der Waals surface area contributed by atoms with Crippen LogP contribution in [0.1, 0.15) is 156 Å². The van der Waals surface area contributed by atoms with Gasteiger partial charge in [0.05, 0.1) is 25.7 Å². The molecule has 1 unspecified atom stereocenters. The van der Waals surface area contributed by atoms with Crippen LogP contribution in [-0.4, -0.2) is 35.6 Å². The summed E-state index contributed by atoms with van der Waals surface area (Å²) in [6, 6.07) is 0.988. The summed E-state index contributed by atoms with van der Waals surface area (Å²) in [6.45, 7) is 11.5. The molecule has 0 radical (unpaired) electrons. The van der Waals surface area contributed by atoms with Gasteiger partial charge in [-0.2, -0.15) is 0 Å². The molecule has 0 aromatic rings. The van der Waals surface area contributed by atoms with Crippen molar-refractivity contribution < 1.29 is 9.96 Å². The van der Waals surface area contributed by atoms with Gasteiger partial charge in [-0.05, 0) is 51.9 Å². The van der Waals surface area contributed by atoms with Crippen LogP contribution in [-0.2, 0) is 0 Å². The Morgan fingerprint density at radius 3 is 1.33 bits per heavy atom. The van der Waals surface area contributed by atoms with Crippen LogP contribution in [0.2, 0.25) is 0 Å². The van der Waals surface area contributed by atoms with Crippen molar-refractivity contribution in [2.24, 2.45) is 0 Å². The van der Waals surface area contributed by atoms with Crippen molar-refractivity contribution in [3.05, 3.63) is 0 Å². The minimum Gasteiger partial charge on any atom is -0.870 e. The molecular formula is C28H59NO. The van der Waals surface area contributed by atoms with Gasteiger partial charge in [0.2, 0.25) is 0 Å². The van der Waals surface area contributed by atoms with Gasteiger partial charge in [0.25, 0.3) is 0 Å². The van der Waals surface area contributed by atoms with E-state index in [4.69, 9.17) is 0 Å². The Morgan fingerprint density at radius 2 is 0.900 bits per heavy atom. The van der Waals surface area contributed by atoms with Crippen LogP contribution in [0.25, 0.3) is 0 Å². The highest BCUT2D eigenvalue weighted by Crippen LogP contribution is 2.30. The molecular weight excluding hydrogens is 366 g/mol. The zero-order valence-corrected chi connectivity index (χ0v) is 21.4. The van der Waals surface area contributed by atoms with E-state index in [0.29, 0.717) is 0 Å². The topological polar surface area (TPSA) is 30.0 Å². The fraction of sp³-hybridized carbons (Fsp3) is 1.00. The van der Waals surface area contributed by atoms with Crippen LogP contribution in [0.15, 0.2) is 0 Å². The third kappa shape index (κ3) is 13.4. The second kappa shape index (κ2) is 20.8. The average Bonchev–Trinajstić information content (AvgIpc) is 2.77. The maximum atomic E-state index is 2.48. The van der Waals surface area contributed by atoms with Gasteiger partial charge in [-0.3, -0.25) is 0 Å². The first kappa shape index (κ1) is 29.9. The van der Waals surface area contributed by atoms with Crippen LogP contribution in [0.3, 0.4) is 0 Å². The minimum atomic E-state index is 0. The predicted octanol–water partition coefficient (Wildman–Crippen LogP) is 9.26. The summed E-state index contributed by atoms with van der Waals surface area (Å²) in [4.78, 5) is 0. The Bertz CT molecular complexity index is 340. The Balaban J connectivity index is 0.00000841. The molecule has 1 atom stereocenters. The van der Waals surface area contributed by atoms with Crippen molar-refractivity contribution in [1.82, 2.24) is 0 Å². The van der Waals surface area contributed by atoms with E-state index in [-0.39, 0.29) is 5.48 Å². The third-order valence-electron chi connectivity index (χ3n) is 7.89. The van der Waals surface area contributed by atoms with Crippen LogP contribution in [0, 0.1) is 0 Å². The summed E-state index contributed by atoms with van der Waals surface area (Å²) in [6.07, 6.45) is 30.9. The molecule has 0 saturated heterocycles. The minimum absolute atomic E-state index is 0. The van der Waals surface area contributed by atoms with Gasteiger partial charge >= 0.3 is 0 Å². The van der Waals surface area contributed by atoms with E-state index < -0.39 is 0 Å². The Hall–Kier alpha value is -0.0800. The second-order valence-electron chi connectivity index (χ2n) is 10.2. The van der Waals surface area contributed by atoms with Crippen molar-refractivity contribution >= 4 is 0 Å². The summed E-state index contributed by atoms with van der Waals surface area (Å²) >= 11 is 0. The highest BCUT2D eigenvalue weighted by atomic mass is 16.0. The zero-order chi connectivity index (χ0) is 21.0. The van der Waals surface area contributed by atoms with E-state index in [0.717, 1.165) is 6.04 Å². The molecule has 0 aromatic carbocycles. The molecule has 0 bridgehead atoms. The lowest BCUT2D eigenvalue weighted by molar-refractivity contribution is -0.951. The maximum absolute atomic E-state index is 2.48. The lowest BCUT2D eigenvalue weighted by Gasteiger charge is -2.46. The van der Waals surface area contributed by atoms with Gasteiger partial charge in [0.15, 0.2) is 0 Å². The fourth-order valence-electron chi connectivity index (χ4n) is 5.77. The molecule has 0 amide bonds. The Kier molecular flexibility index (Phi) is 20.7. The quantitative estimate of drug-likeness (QED) is 0.141. The average molecular weight is 426 g/mol. The van der Waals surface area contributed by atoms with E-state index in [1.165, 1.54) is 159 Å². The predicted molar refractivity (Wildman–Crippen MR) is 135 cm³/mol. The highest BCUT2D eigenvalue weighted by Gasteiger charge is 2.35. The first-order chi connectivity index (χ1) is 14.3. The van der Waals surface area contributed by atoms with Gasteiger partial charge < -0.3 is 9.96 Å². The standard InChI is InChI=1S/C28H58N.H2O/c1-4-7-9-10-11-12-13-14-15-16-17-18-19-23-27-29(6-3,26-8-5-2)28-24-21-20-22-25-28;/h28H,4-27H2,1-3H3;1H2/q+1;/p-1. The third-order valence-corrected chi connectivity index (χ3v) is 7.89. The molecule has 0 spiro atoms. The van der Waals surface area contributed by atoms with Gasteiger partial charge in [0, 0.05) is 0 Å². The molecule has 0 aromatic heterocycles. The van der Waals surface area contributed by atoms with Crippen molar-refractivity contribution in [3.8, 4) is 0 Å². The van der Waals surface area contributed by atoms with Gasteiger partial charge in [-0.25, -0.2) is 0 Å². The number of hydrogen-bond acceptors (Lipinski definition) is 1. The Labute approximate surface area is 191 Å². The van der Waals surface area contributed by atoms with Gasteiger partial charge in [-0.1, -0.05) is 104 Å². The van der Waals surface area contributed by atoms with Gasteiger partial charge in [-0.15, -0.1) is 0 Å². The van der Waals surface area contributed by atoms with Crippen LogP contribution in [0.4, 0.5) is 0 Å². The Morgan fingerprint density at radius 1 is 0.500 bits per heavy atom. The number of rotatable bonds is 20. The second-order valence-corrected chi connectivity index (χ2v) is 10.2. The van der Waals surface area contributed by atoms with Crippen LogP contribution < -0.4 is 0 Å². The van der Waals surface area contributed by atoms with E-state index in [2.05, 4.69) is 20.8 Å². The molecule has 1 rings (SSSR count). The molecule has 0 heterocycles. The molecule has 1 aliphatic rings. The molecule has 2 heteroatoms. The summed E-state index contributed by atoms with van der Waals surface area (Å²) in [5, 5.41) is 0. The lowest BCUT2D eigenvalue weighted by Crippen LogP contribution is -2.57. The van der Waals surface area contributed by atoms with E-state index in [1.54, 1.807) is 0 Å². The molecule has 0 aliphatic heterocycles. The van der Waals surface area contributed by atoms with E-state index >= 15 is 0 Å². The van der Waals surface area contributed by atoms with Crippen molar-refractivity contribution in [3.63, 3.8) is 0 Å². The summed E-state index contributed by atoms with van der Waals surface area (Å²) < 4.78 is 1.46. The lowest BCUT2D eigenvalue weighted by atomic mass is 9.91. The molecule has 30 heavy (non-hydrogen) atoms. The monoisotopic (exact) mass is 425 g/mol. The highest BCUT2D eigenvalue weighted by molar-refractivity contribution is 4.68. The SMILES string of the molecule is CCCCCCCCCCCCCCCC[N+](CC)(CCCC)C1CCCCC1.[OH-]. The first-order valence-electron chi connectivity index (χ1n) is 14.1. The van der Waals surface area contributed by atoms with Crippen molar-refractivity contribution in [2.45, 2.75) is 162 Å². The van der Waals surface area contributed by atoms with Crippen LogP contribution >= 0.6 is 0 Å². The fourth-order valence-corrected chi connectivity index (χ4v) is 5.77. The van der Waals surface area contributed by atoms with Crippen LogP contribution in [0.5, 0.6) is 0 Å². The molecule has 1 aliphatic carbocycles. The summed E-state index contributed by atoms with van der Waals surface area (Å²) in [7, 11) is 0. The molecule has 1 N–H and O–H groups in total. The number of hydrogen-bond donors (Lipinski definition) is 0. The largest absolute Gasteiger partial charge is 0.870 e.